The van der Waals surface area contributed by atoms with Crippen molar-refractivity contribution in [1.29, 1.82) is 0 Å². The van der Waals surface area contributed by atoms with Gasteiger partial charge in [0.2, 0.25) is 0 Å². The van der Waals surface area contributed by atoms with Gasteiger partial charge in [-0.05, 0) is 44.1 Å². The molecule has 18 heavy (non-hydrogen) atoms. The predicted octanol–water partition coefficient (Wildman–Crippen LogP) is 2.51. The minimum Gasteiger partial charge on any atom is -0.306 e. The monoisotopic (exact) mass is 267 g/mol. The highest BCUT2D eigenvalue weighted by molar-refractivity contribution is 6.31. The minimum absolute atomic E-state index is 0.406. The molecule has 100 valence electrons. The van der Waals surface area contributed by atoms with E-state index in [1.165, 1.54) is 19.5 Å². The van der Waals surface area contributed by atoms with Gasteiger partial charge in [-0.15, -0.1) is 0 Å². The van der Waals surface area contributed by atoms with E-state index in [-0.39, 0.29) is 0 Å². The first-order valence-corrected chi connectivity index (χ1v) is 6.82. The van der Waals surface area contributed by atoms with Crippen LogP contribution in [-0.2, 0) is 6.54 Å². The Bertz CT molecular complexity index is 410. The number of nitrogens with zero attached hydrogens (tertiary/aromatic N) is 3. The molecule has 1 fully saturated rings. The predicted molar refractivity (Wildman–Crippen MR) is 75.8 cm³/mol. The van der Waals surface area contributed by atoms with Crippen molar-refractivity contribution in [2.24, 2.45) is 5.41 Å². The maximum absolute atomic E-state index is 6.15. The van der Waals surface area contributed by atoms with Gasteiger partial charge in [0, 0.05) is 32.0 Å². The van der Waals surface area contributed by atoms with Crippen molar-refractivity contribution >= 4 is 11.6 Å². The summed E-state index contributed by atoms with van der Waals surface area (Å²) < 4.78 is 0. The third-order valence-corrected chi connectivity index (χ3v) is 4.04. The third-order valence-electron chi connectivity index (χ3n) is 3.70. The van der Waals surface area contributed by atoms with Gasteiger partial charge in [0.15, 0.2) is 0 Å². The smallest absolute Gasteiger partial charge is 0.0634 e. The van der Waals surface area contributed by atoms with E-state index in [9.17, 15) is 0 Å². The van der Waals surface area contributed by atoms with Crippen LogP contribution in [0.5, 0.6) is 0 Å². The highest BCUT2D eigenvalue weighted by Gasteiger charge is 2.32. The largest absolute Gasteiger partial charge is 0.306 e. The second kappa shape index (κ2) is 5.55. The van der Waals surface area contributed by atoms with Crippen LogP contribution in [0.2, 0.25) is 5.02 Å². The van der Waals surface area contributed by atoms with Crippen LogP contribution in [0, 0.1) is 5.41 Å². The van der Waals surface area contributed by atoms with Crippen LogP contribution in [0.1, 0.15) is 18.9 Å². The van der Waals surface area contributed by atoms with Crippen LogP contribution in [0.15, 0.2) is 18.5 Å². The van der Waals surface area contributed by atoms with Crippen molar-refractivity contribution < 1.29 is 0 Å². The van der Waals surface area contributed by atoms with Crippen molar-refractivity contribution in [2.45, 2.75) is 19.9 Å². The second-order valence-electron chi connectivity index (χ2n) is 5.94. The maximum atomic E-state index is 6.15. The molecule has 0 radical (unpaired) electrons. The number of hydrogen-bond donors (Lipinski definition) is 0. The fourth-order valence-corrected chi connectivity index (χ4v) is 3.11. The van der Waals surface area contributed by atoms with Crippen LogP contribution in [0.4, 0.5) is 0 Å². The Morgan fingerprint density at radius 1 is 1.56 bits per heavy atom. The summed E-state index contributed by atoms with van der Waals surface area (Å²) in [4.78, 5) is 8.79. The minimum atomic E-state index is 0.406. The molecule has 0 spiro atoms. The van der Waals surface area contributed by atoms with Gasteiger partial charge in [-0.3, -0.25) is 4.98 Å². The van der Waals surface area contributed by atoms with Gasteiger partial charge in [-0.1, -0.05) is 18.5 Å². The zero-order valence-electron chi connectivity index (χ0n) is 11.5. The summed E-state index contributed by atoms with van der Waals surface area (Å²) >= 11 is 6.15. The van der Waals surface area contributed by atoms with Crippen LogP contribution in [-0.4, -0.2) is 48.5 Å². The van der Waals surface area contributed by atoms with Crippen LogP contribution < -0.4 is 0 Å². The summed E-state index contributed by atoms with van der Waals surface area (Å²) in [5, 5.41) is 0.762. The number of aromatic nitrogens is 1. The molecule has 1 saturated heterocycles. The first kappa shape index (κ1) is 13.8. The fourth-order valence-electron chi connectivity index (χ4n) is 2.93. The van der Waals surface area contributed by atoms with Gasteiger partial charge in [0.1, 0.15) is 0 Å². The molecule has 0 aromatic carbocycles. The number of likely N-dealkylation sites (tertiary alicyclic amines) is 1. The first-order chi connectivity index (χ1) is 8.48. The molecule has 0 bridgehead atoms. The van der Waals surface area contributed by atoms with Gasteiger partial charge < -0.3 is 9.80 Å². The molecular formula is C14H22ClN3. The van der Waals surface area contributed by atoms with Crippen LogP contribution in [0.3, 0.4) is 0 Å². The first-order valence-electron chi connectivity index (χ1n) is 6.44. The van der Waals surface area contributed by atoms with Crippen molar-refractivity contribution in [1.82, 2.24) is 14.8 Å². The standard InChI is InChI=1S/C14H22ClN3/c1-14(5-7-17(2)10-14)11-18(3)9-12-4-6-16-8-13(12)15/h4,6,8H,5,7,9-11H2,1-3H3. The van der Waals surface area contributed by atoms with Crippen molar-refractivity contribution in [2.75, 3.05) is 33.7 Å². The van der Waals surface area contributed by atoms with Gasteiger partial charge in [0.05, 0.1) is 5.02 Å². The molecular weight excluding hydrogens is 246 g/mol. The lowest BCUT2D eigenvalue weighted by molar-refractivity contribution is 0.190. The summed E-state index contributed by atoms with van der Waals surface area (Å²) in [5.41, 5.74) is 1.56. The number of rotatable bonds is 4. The zero-order chi connectivity index (χ0) is 13.2. The highest BCUT2D eigenvalue weighted by Crippen LogP contribution is 2.30. The van der Waals surface area contributed by atoms with Crippen molar-refractivity contribution in [3.63, 3.8) is 0 Å². The molecule has 1 aliphatic rings. The van der Waals surface area contributed by atoms with Gasteiger partial charge in [-0.2, -0.15) is 0 Å². The number of hydrogen-bond acceptors (Lipinski definition) is 3. The molecule has 2 rings (SSSR count). The van der Waals surface area contributed by atoms with Gasteiger partial charge in [0.25, 0.3) is 0 Å². The lowest BCUT2D eigenvalue weighted by Crippen LogP contribution is -2.35. The Morgan fingerprint density at radius 2 is 2.33 bits per heavy atom. The Kier molecular flexibility index (Phi) is 4.25. The molecule has 1 aliphatic heterocycles. The molecule has 0 saturated carbocycles. The number of pyridine rings is 1. The molecule has 0 amide bonds. The Balaban J connectivity index is 1.93. The Labute approximate surface area is 115 Å². The van der Waals surface area contributed by atoms with E-state index in [1.807, 2.05) is 6.07 Å². The van der Waals surface area contributed by atoms with E-state index in [0.29, 0.717) is 5.41 Å². The molecule has 1 atom stereocenters. The quantitative estimate of drug-likeness (QED) is 0.836. The van der Waals surface area contributed by atoms with E-state index >= 15 is 0 Å². The third kappa shape index (κ3) is 3.44. The van der Waals surface area contributed by atoms with E-state index < -0.39 is 0 Å². The molecule has 3 nitrogen and oxygen atoms in total. The van der Waals surface area contributed by atoms with E-state index in [4.69, 9.17) is 11.6 Å². The fraction of sp³-hybridized carbons (Fsp3) is 0.643. The lowest BCUT2D eigenvalue weighted by atomic mass is 9.89. The average Bonchev–Trinajstić information content (AvgIpc) is 2.61. The molecule has 1 aromatic rings. The second-order valence-corrected chi connectivity index (χ2v) is 6.35. The molecule has 2 heterocycles. The Morgan fingerprint density at radius 3 is 2.94 bits per heavy atom. The van der Waals surface area contributed by atoms with Crippen LogP contribution >= 0.6 is 11.6 Å². The SMILES string of the molecule is CN1CCC(C)(CN(C)Cc2ccncc2Cl)C1. The van der Waals surface area contributed by atoms with Gasteiger partial charge >= 0.3 is 0 Å². The van der Waals surface area contributed by atoms with Crippen LogP contribution in [0.25, 0.3) is 0 Å². The summed E-state index contributed by atoms with van der Waals surface area (Å²) in [6, 6.07) is 2.00. The normalized spacial score (nSPS) is 24.9. The highest BCUT2D eigenvalue weighted by atomic mass is 35.5. The molecule has 4 heteroatoms. The average molecular weight is 268 g/mol. The molecule has 1 unspecified atom stereocenters. The topological polar surface area (TPSA) is 19.4 Å². The van der Waals surface area contributed by atoms with E-state index in [0.717, 1.165) is 23.7 Å². The maximum Gasteiger partial charge on any atom is 0.0634 e. The molecule has 0 N–H and O–H groups in total. The van der Waals surface area contributed by atoms with E-state index in [1.54, 1.807) is 12.4 Å². The molecule has 1 aromatic heterocycles. The van der Waals surface area contributed by atoms with E-state index in [2.05, 4.69) is 35.8 Å². The summed E-state index contributed by atoms with van der Waals surface area (Å²) in [7, 11) is 4.37. The Hall–Kier alpha value is -0.640. The number of halogens is 1. The summed E-state index contributed by atoms with van der Waals surface area (Å²) in [5.74, 6) is 0. The van der Waals surface area contributed by atoms with Gasteiger partial charge in [-0.25, -0.2) is 0 Å². The zero-order valence-corrected chi connectivity index (χ0v) is 12.2. The summed E-state index contributed by atoms with van der Waals surface area (Å²) in [6.07, 6.45) is 4.80. The van der Waals surface area contributed by atoms with Crippen molar-refractivity contribution in [3.05, 3.63) is 29.0 Å². The van der Waals surface area contributed by atoms with Crippen molar-refractivity contribution in [3.8, 4) is 0 Å². The summed E-state index contributed by atoms with van der Waals surface area (Å²) in [6.45, 7) is 6.76. The lowest BCUT2D eigenvalue weighted by Gasteiger charge is -2.30. The molecule has 0 aliphatic carbocycles.